The Kier molecular flexibility index (Phi) is 3.90. The van der Waals surface area contributed by atoms with Gasteiger partial charge < -0.3 is 10.4 Å². The second-order valence-corrected chi connectivity index (χ2v) is 3.84. The van der Waals surface area contributed by atoms with Gasteiger partial charge in [-0.05, 0) is 23.2 Å². The highest BCUT2D eigenvalue weighted by molar-refractivity contribution is 6.28. The Bertz CT molecular complexity index is 478. The van der Waals surface area contributed by atoms with Gasteiger partial charge >= 0.3 is 0 Å². The average Bonchev–Trinajstić information content (AvgIpc) is 2.37. The van der Waals surface area contributed by atoms with Crippen molar-refractivity contribution >= 4 is 17.4 Å². The van der Waals surface area contributed by atoms with E-state index in [0.29, 0.717) is 5.82 Å². The molecule has 2 aromatic rings. The molecule has 0 radical (unpaired) electrons. The predicted molar refractivity (Wildman–Crippen MR) is 66.9 cm³/mol. The molecule has 0 bridgehead atoms. The number of nitrogens with one attached hydrogen (secondary N) is 1. The summed E-state index contributed by atoms with van der Waals surface area (Å²) < 4.78 is 0. The van der Waals surface area contributed by atoms with Crippen LogP contribution in [-0.4, -0.2) is 21.7 Å². The third kappa shape index (κ3) is 3.15. The van der Waals surface area contributed by atoms with Gasteiger partial charge in [-0.25, -0.2) is 9.97 Å². The van der Waals surface area contributed by atoms with E-state index in [0.717, 1.165) is 5.56 Å². The van der Waals surface area contributed by atoms with E-state index in [9.17, 15) is 5.11 Å². The van der Waals surface area contributed by atoms with Gasteiger partial charge in [0, 0.05) is 6.20 Å². The van der Waals surface area contributed by atoms with E-state index in [4.69, 9.17) is 11.6 Å². The highest BCUT2D eigenvalue weighted by Gasteiger charge is 2.10. The van der Waals surface area contributed by atoms with Gasteiger partial charge in [0.1, 0.15) is 5.82 Å². The molecule has 5 heteroatoms. The molecule has 1 aromatic heterocycles. The summed E-state index contributed by atoms with van der Waals surface area (Å²) in [6.45, 7) is -0.0222. The van der Waals surface area contributed by atoms with Crippen LogP contribution in [0, 0.1) is 0 Å². The topological polar surface area (TPSA) is 58.0 Å². The summed E-state index contributed by atoms with van der Waals surface area (Å²) in [5.74, 6) is 0.591. The van der Waals surface area contributed by atoms with Crippen molar-refractivity contribution in [2.24, 2.45) is 0 Å². The maximum atomic E-state index is 9.37. The number of hydrogen-bond acceptors (Lipinski definition) is 4. The molecule has 17 heavy (non-hydrogen) atoms. The van der Waals surface area contributed by atoms with E-state index in [-0.39, 0.29) is 17.9 Å². The van der Waals surface area contributed by atoms with E-state index >= 15 is 0 Å². The van der Waals surface area contributed by atoms with Gasteiger partial charge in [-0.3, -0.25) is 0 Å². The van der Waals surface area contributed by atoms with Crippen LogP contribution in [0.25, 0.3) is 0 Å². The standard InChI is InChI=1S/C12H12ClN3O/c13-12-14-7-6-11(16-12)15-10(8-17)9-4-2-1-3-5-9/h1-7,10,17H,8H2,(H,14,15,16)/t10-/m1/s1. The van der Waals surface area contributed by atoms with E-state index in [2.05, 4.69) is 15.3 Å². The number of aliphatic hydroxyl groups excluding tert-OH is 1. The third-order valence-corrected chi connectivity index (χ3v) is 2.51. The van der Waals surface area contributed by atoms with Gasteiger partial charge in [-0.15, -0.1) is 0 Å². The van der Waals surface area contributed by atoms with Crippen molar-refractivity contribution in [2.45, 2.75) is 6.04 Å². The molecule has 0 unspecified atom stereocenters. The van der Waals surface area contributed by atoms with Crippen LogP contribution in [0.15, 0.2) is 42.6 Å². The first-order valence-corrected chi connectivity index (χ1v) is 5.58. The highest BCUT2D eigenvalue weighted by Crippen LogP contribution is 2.17. The zero-order valence-corrected chi connectivity index (χ0v) is 9.80. The van der Waals surface area contributed by atoms with Crippen LogP contribution in [0.1, 0.15) is 11.6 Å². The number of aliphatic hydroxyl groups is 1. The van der Waals surface area contributed by atoms with Gasteiger partial charge in [-0.1, -0.05) is 30.3 Å². The first kappa shape index (κ1) is 11.8. The van der Waals surface area contributed by atoms with E-state index < -0.39 is 0 Å². The Morgan fingerprint density at radius 3 is 2.65 bits per heavy atom. The molecule has 2 N–H and O–H groups in total. The van der Waals surface area contributed by atoms with Crippen molar-refractivity contribution < 1.29 is 5.11 Å². The molecule has 0 amide bonds. The molecule has 2 rings (SSSR count). The molecule has 1 aromatic carbocycles. The van der Waals surface area contributed by atoms with E-state index in [1.54, 1.807) is 12.3 Å². The number of benzene rings is 1. The normalized spacial score (nSPS) is 12.1. The Labute approximate surface area is 104 Å². The average molecular weight is 250 g/mol. The largest absolute Gasteiger partial charge is 0.394 e. The summed E-state index contributed by atoms with van der Waals surface area (Å²) in [7, 11) is 0. The fourth-order valence-corrected chi connectivity index (χ4v) is 1.66. The number of rotatable bonds is 4. The minimum atomic E-state index is -0.206. The first-order chi connectivity index (χ1) is 8.29. The summed E-state index contributed by atoms with van der Waals surface area (Å²) in [4.78, 5) is 7.82. The quantitative estimate of drug-likeness (QED) is 0.817. The number of aromatic nitrogens is 2. The van der Waals surface area contributed by atoms with E-state index in [1.807, 2.05) is 30.3 Å². The van der Waals surface area contributed by atoms with Gasteiger partial charge in [0.15, 0.2) is 0 Å². The van der Waals surface area contributed by atoms with Crippen molar-refractivity contribution in [2.75, 3.05) is 11.9 Å². The molecule has 0 aliphatic rings. The van der Waals surface area contributed by atoms with Crippen molar-refractivity contribution in [1.29, 1.82) is 0 Å². The van der Waals surface area contributed by atoms with Gasteiger partial charge in [0.05, 0.1) is 12.6 Å². The molecule has 0 spiro atoms. The number of halogens is 1. The predicted octanol–water partition coefficient (Wildman–Crippen LogP) is 2.28. The summed E-state index contributed by atoms with van der Waals surface area (Å²) in [6, 6.07) is 11.2. The fraction of sp³-hybridized carbons (Fsp3) is 0.167. The smallest absolute Gasteiger partial charge is 0.224 e. The van der Waals surface area contributed by atoms with Gasteiger partial charge in [-0.2, -0.15) is 0 Å². The summed E-state index contributed by atoms with van der Waals surface area (Å²) in [5.41, 5.74) is 0.990. The van der Waals surface area contributed by atoms with Crippen molar-refractivity contribution in [3.05, 3.63) is 53.4 Å². The second-order valence-electron chi connectivity index (χ2n) is 3.50. The van der Waals surface area contributed by atoms with Crippen LogP contribution in [0.2, 0.25) is 5.28 Å². The number of hydrogen-bond donors (Lipinski definition) is 2. The van der Waals surface area contributed by atoms with Crippen molar-refractivity contribution in [3.8, 4) is 0 Å². The second kappa shape index (κ2) is 5.61. The third-order valence-electron chi connectivity index (χ3n) is 2.33. The maximum Gasteiger partial charge on any atom is 0.224 e. The first-order valence-electron chi connectivity index (χ1n) is 5.20. The lowest BCUT2D eigenvalue weighted by Gasteiger charge is -2.17. The molecular formula is C12H12ClN3O. The van der Waals surface area contributed by atoms with Crippen LogP contribution in [0.4, 0.5) is 5.82 Å². The number of nitrogens with zero attached hydrogens (tertiary/aromatic N) is 2. The molecule has 4 nitrogen and oxygen atoms in total. The minimum Gasteiger partial charge on any atom is -0.394 e. The van der Waals surface area contributed by atoms with Crippen LogP contribution >= 0.6 is 11.6 Å². The monoisotopic (exact) mass is 249 g/mol. The van der Waals surface area contributed by atoms with Crippen LogP contribution in [-0.2, 0) is 0 Å². The Morgan fingerprint density at radius 2 is 2.00 bits per heavy atom. The lowest BCUT2D eigenvalue weighted by atomic mass is 10.1. The van der Waals surface area contributed by atoms with Crippen LogP contribution in [0.3, 0.4) is 0 Å². The molecule has 0 fully saturated rings. The van der Waals surface area contributed by atoms with E-state index in [1.165, 1.54) is 0 Å². The molecule has 1 heterocycles. The molecular weight excluding hydrogens is 238 g/mol. The minimum absolute atomic E-state index is 0.0222. The molecule has 0 aliphatic heterocycles. The van der Waals surface area contributed by atoms with Crippen LogP contribution < -0.4 is 5.32 Å². The SMILES string of the molecule is OC[C@@H](Nc1ccnc(Cl)n1)c1ccccc1. The summed E-state index contributed by atoms with van der Waals surface area (Å²) in [6.07, 6.45) is 1.57. The summed E-state index contributed by atoms with van der Waals surface area (Å²) in [5, 5.41) is 12.7. The highest BCUT2D eigenvalue weighted by atomic mass is 35.5. The Hall–Kier alpha value is -1.65. The van der Waals surface area contributed by atoms with Gasteiger partial charge in [0.2, 0.25) is 5.28 Å². The number of anilines is 1. The molecule has 0 saturated heterocycles. The Balaban J connectivity index is 2.16. The molecule has 0 aliphatic carbocycles. The summed E-state index contributed by atoms with van der Waals surface area (Å²) >= 11 is 5.69. The lowest BCUT2D eigenvalue weighted by Crippen LogP contribution is -2.15. The zero-order chi connectivity index (χ0) is 12.1. The lowest BCUT2D eigenvalue weighted by molar-refractivity contribution is 0.276. The Morgan fingerprint density at radius 1 is 1.24 bits per heavy atom. The fourth-order valence-electron chi connectivity index (χ4n) is 1.51. The molecule has 88 valence electrons. The van der Waals surface area contributed by atoms with Crippen molar-refractivity contribution in [1.82, 2.24) is 9.97 Å². The van der Waals surface area contributed by atoms with Crippen LogP contribution in [0.5, 0.6) is 0 Å². The van der Waals surface area contributed by atoms with Gasteiger partial charge in [0.25, 0.3) is 0 Å². The molecule has 1 atom stereocenters. The maximum absolute atomic E-state index is 9.37. The zero-order valence-electron chi connectivity index (χ0n) is 9.05. The van der Waals surface area contributed by atoms with Crippen molar-refractivity contribution in [3.63, 3.8) is 0 Å². The molecule has 0 saturated carbocycles.